The van der Waals surface area contributed by atoms with Crippen LogP contribution in [-0.4, -0.2) is 39.2 Å². The lowest BCUT2D eigenvalue weighted by Gasteiger charge is -2.14. The van der Waals surface area contributed by atoms with Crippen LogP contribution in [0.4, 0.5) is 5.69 Å². The van der Waals surface area contributed by atoms with Crippen molar-refractivity contribution in [2.24, 2.45) is 0 Å². The Hall–Kier alpha value is -3.27. The number of amides is 3. The molecule has 0 radical (unpaired) electrons. The van der Waals surface area contributed by atoms with Crippen LogP contribution in [0.15, 0.2) is 42.5 Å². The first-order chi connectivity index (χ1) is 12.4. The third kappa shape index (κ3) is 3.95. The highest BCUT2D eigenvalue weighted by Gasteiger charge is 2.36. The fourth-order valence-electron chi connectivity index (χ4n) is 2.60. The second-order valence-electron chi connectivity index (χ2n) is 5.59. The molecule has 3 amide bonds. The summed E-state index contributed by atoms with van der Waals surface area (Å²) >= 11 is 0. The van der Waals surface area contributed by atoms with Gasteiger partial charge in [0, 0.05) is 24.2 Å². The predicted molar refractivity (Wildman–Crippen MR) is 98.7 cm³/mol. The van der Waals surface area contributed by atoms with Crippen molar-refractivity contribution in [2.45, 2.75) is 6.54 Å². The summed E-state index contributed by atoms with van der Waals surface area (Å²) in [6.45, 7) is -0.669. The average Bonchev–Trinajstić information content (AvgIpc) is 2.86. The molecule has 0 bridgehead atoms. The van der Waals surface area contributed by atoms with E-state index in [1.807, 2.05) is 0 Å². The highest BCUT2D eigenvalue weighted by atomic mass is 79.9. The van der Waals surface area contributed by atoms with Crippen LogP contribution in [-0.2, 0) is 11.3 Å². The number of rotatable bonds is 5. The van der Waals surface area contributed by atoms with Gasteiger partial charge in [0.2, 0.25) is 5.91 Å². The largest absolute Gasteiger partial charge is 0.508 e. The molecule has 2 N–H and O–H groups in total. The highest BCUT2D eigenvalue weighted by Crippen LogP contribution is 2.23. The molecule has 1 aliphatic rings. The Kier molecular flexibility index (Phi) is 5.91. The number of hydrogen-bond acceptors (Lipinski definition) is 6. The predicted octanol–water partition coefficient (Wildman–Crippen LogP) is 1.79. The number of nitrogens with one attached hydrogen (secondary N) is 1. The molecule has 3 rings (SSSR count). The molecule has 27 heavy (non-hydrogen) atoms. The van der Waals surface area contributed by atoms with E-state index < -0.39 is 29.2 Å². The van der Waals surface area contributed by atoms with Crippen molar-refractivity contribution in [1.82, 2.24) is 10.2 Å². The quantitative estimate of drug-likeness (QED) is 0.418. The number of nitro groups is 1. The third-order valence-electron chi connectivity index (χ3n) is 3.93. The van der Waals surface area contributed by atoms with Gasteiger partial charge in [-0.25, -0.2) is 0 Å². The van der Waals surface area contributed by atoms with Crippen molar-refractivity contribution < 1.29 is 24.4 Å². The van der Waals surface area contributed by atoms with Gasteiger partial charge in [0.05, 0.1) is 16.1 Å². The van der Waals surface area contributed by atoms with Gasteiger partial charge < -0.3 is 10.4 Å². The van der Waals surface area contributed by atoms with Crippen LogP contribution < -0.4 is 5.32 Å². The van der Waals surface area contributed by atoms with Gasteiger partial charge in [-0.05, 0) is 18.2 Å². The number of halogens is 1. The summed E-state index contributed by atoms with van der Waals surface area (Å²) < 4.78 is 0. The molecule has 140 valence electrons. The average molecular weight is 436 g/mol. The van der Waals surface area contributed by atoms with Crippen molar-refractivity contribution in [3.8, 4) is 5.75 Å². The lowest BCUT2D eigenvalue weighted by atomic mass is 10.1. The normalized spacial score (nSPS) is 12.4. The first-order valence-corrected chi connectivity index (χ1v) is 7.56. The van der Waals surface area contributed by atoms with Crippen LogP contribution in [0.1, 0.15) is 26.3 Å². The second kappa shape index (κ2) is 7.96. The van der Waals surface area contributed by atoms with Gasteiger partial charge in [-0.2, -0.15) is 0 Å². The number of aromatic hydroxyl groups is 1. The highest BCUT2D eigenvalue weighted by molar-refractivity contribution is 8.93. The molecule has 0 saturated carbocycles. The fourth-order valence-corrected chi connectivity index (χ4v) is 2.60. The number of hydrogen-bond donors (Lipinski definition) is 2. The van der Waals surface area contributed by atoms with Gasteiger partial charge in [-0.3, -0.25) is 29.4 Å². The van der Waals surface area contributed by atoms with Crippen molar-refractivity contribution in [3.05, 3.63) is 69.3 Å². The summed E-state index contributed by atoms with van der Waals surface area (Å²) in [5.41, 5.74) is 0.394. The number of imide groups is 1. The molecule has 1 aliphatic heterocycles. The zero-order valence-electron chi connectivity index (χ0n) is 13.7. The molecule has 9 nitrogen and oxygen atoms in total. The summed E-state index contributed by atoms with van der Waals surface area (Å²) in [5.74, 6) is -1.96. The van der Waals surface area contributed by atoms with Crippen LogP contribution in [0.25, 0.3) is 0 Å². The van der Waals surface area contributed by atoms with Crippen LogP contribution in [0.2, 0.25) is 0 Å². The number of carbonyl (C=O) groups excluding carboxylic acids is 3. The first kappa shape index (κ1) is 20.0. The maximum atomic E-state index is 12.2. The summed E-state index contributed by atoms with van der Waals surface area (Å²) in [6.07, 6.45) is 0. The molecule has 0 aliphatic carbocycles. The summed E-state index contributed by atoms with van der Waals surface area (Å²) in [7, 11) is 0. The minimum Gasteiger partial charge on any atom is -0.508 e. The van der Waals surface area contributed by atoms with E-state index in [0.29, 0.717) is 0 Å². The Morgan fingerprint density at radius 3 is 2.26 bits per heavy atom. The number of carbonyl (C=O) groups is 3. The molecule has 1 heterocycles. The zero-order valence-corrected chi connectivity index (χ0v) is 15.5. The Labute approximate surface area is 163 Å². The molecule has 10 heteroatoms. The number of phenolic OH excluding ortho intramolecular Hbond substituents is 1. The van der Waals surface area contributed by atoms with Crippen LogP contribution >= 0.6 is 17.0 Å². The lowest BCUT2D eigenvalue weighted by molar-refractivity contribution is -0.384. The molecular formula is C17H14BrN3O6. The minimum atomic E-state index is -0.634. The van der Waals surface area contributed by atoms with Crippen molar-refractivity contribution >= 4 is 40.4 Å². The molecular weight excluding hydrogens is 422 g/mol. The van der Waals surface area contributed by atoms with E-state index in [1.54, 1.807) is 12.1 Å². The van der Waals surface area contributed by atoms with E-state index >= 15 is 0 Å². The van der Waals surface area contributed by atoms with E-state index in [1.165, 1.54) is 12.1 Å². The Morgan fingerprint density at radius 1 is 1.11 bits per heavy atom. The van der Waals surface area contributed by atoms with Gasteiger partial charge in [-0.15, -0.1) is 17.0 Å². The fraction of sp³-hybridized carbons (Fsp3) is 0.118. The third-order valence-corrected chi connectivity index (χ3v) is 3.93. The maximum Gasteiger partial charge on any atom is 0.270 e. The Bertz CT molecular complexity index is 911. The number of benzene rings is 2. The smallest absolute Gasteiger partial charge is 0.270 e. The molecule has 0 aromatic heterocycles. The van der Waals surface area contributed by atoms with Gasteiger partial charge in [0.1, 0.15) is 12.3 Å². The van der Waals surface area contributed by atoms with Gasteiger partial charge in [0.15, 0.2) is 0 Å². The summed E-state index contributed by atoms with van der Waals surface area (Å²) in [6, 6.07) is 9.70. The molecule has 2 aromatic rings. The zero-order chi connectivity index (χ0) is 18.8. The van der Waals surface area contributed by atoms with Gasteiger partial charge in [0.25, 0.3) is 17.5 Å². The molecule has 0 fully saturated rings. The van der Waals surface area contributed by atoms with Gasteiger partial charge in [-0.1, -0.05) is 12.1 Å². The number of fused-ring (bicyclic) bond motifs is 1. The molecule has 0 saturated heterocycles. The van der Waals surface area contributed by atoms with Crippen LogP contribution in [0.3, 0.4) is 0 Å². The van der Waals surface area contributed by atoms with Crippen molar-refractivity contribution in [1.29, 1.82) is 0 Å². The van der Waals surface area contributed by atoms with E-state index in [-0.39, 0.29) is 51.7 Å². The van der Waals surface area contributed by atoms with E-state index in [2.05, 4.69) is 5.32 Å². The number of nitrogens with zero attached hydrogens (tertiary/aromatic N) is 2. The second-order valence-corrected chi connectivity index (χ2v) is 5.59. The van der Waals surface area contributed by atoms with E-state index in [0.717, 1.165) is 23.1 Å². The number of non-ortho nitro benzene ring substituents is 1. The van der Waals surface area contributed by atoms with Gasteiger partial charge >= 0.3 is 0 Å². The molecule has 0 unspecified atom stereocenters. The number of phenols is 1. The summed E-state index contributed by atoms with van der Waals surface area (Å²) in [5, 5.41) is 22.9. The molecule has 0 atom stereocenters. The Morgan fingerprint density at radius 2 is 1.70 bits per heavy atom. The molecule has 2 aromatic carbocycles. The monoisotopic (exact) mass is 435 g/mol. The van der Waals surface area contributed by atoms with Crippen molar-refractivity contribution in [2.75, 3.05) is 6.54 Å². The van der Waals surface area contributed by atoms with Crippen LogP contribution in [0.5, 0.6) is 5.75 Å². The maximum absolute atomic E-state index is 12.2. The standard InChI is InChI=1S/C17H13N3O6.BrH/c21-14-6-5-11(20(25)26)7-10(14)8-18-15(22)9-19-16(23)12-3-1-2-4-13(12)17(19)24;/h1-7,21H,8-9H2,(H,18,22);1H. The topological polar surface area (TPSA) is 130 Å². The molecule has 0 spiro atoms. The number of nitro benzene ring substituents is 1. The SMILES string of the molecule is Br.O=C(CN1C(=O)c2ccccc2C1=O)NCc1cc([N+](=O)[O-])ccc1O. The van der Waals surface area contributed by atoms with Crippen LogP contribution in [0, 0.1) is 10.1 Å². The minimum absolute atomic E-state index is 0. The Balaban J connectivity index is 0.00000261. The summed E-state index contributed by atoms with van der Waals surface area (Å²) in [4.78, 5) is 47.4. The van der Waals surface area contributed by atoms with Crippen molar-refractivity contribution in [3.63, 3.8) is 0 Å². The van der Waals surface area contributed by atoms with E-state index in [9.17, 15) is 29.6 Å². The first-order valence-electron chi connectivity index (χ1n) is 7.56. The van der Waals surface area contributed by atoms with E-state index in [4.69, 9.17) is 0 Å². The lowest BCUT2D eigenvalue weighted by Crippen LogP contribution is -2.40.